The predicted octanol–water partition coefficient (Wildman–Crippen LogP) is 5.51. The first-order valence-electron chi connectivity index (χ1n) is 7.74. The van der Waals surface area contributed by atoms with Crippen LogP contribution in [0.2, 0.25) is 0 Å². The number of nitrogens with zero attached hydrogens (tertiary/aromatic N) is 1. The summed E-state index contributed by atoms with van der Waals surface area (Å²) in [6.07, 6.45) is 0. The molecule has 0 fully saturated rings. The molecule has 0 spiro atoms. The van der Waals surface area contributed by atoms with Gasteiger partial charge in [-0.3, -0.25) is 4.90 Å². The van der Waals surface area contributed by atoms with Crippen molar-refractivity contribution in [1.29, 1.82) is 0 Å². The van der Waals surface area contributed by atoms with Gasteiger partial charge in [-0.05, 0) is 16.7 Å². The Morgan fingerprint density at radius 3 is 0.957 bits per heavy atom. The van der Waals surface area contributed by atoms with Crippen LogP contribution in [-0.2, 0) is 19.6 Å². The number of rotatable bonds is 6. The highest BCUT2D eigenvalue weighted by atomic mass is 127. The number of hydrogen-bond acceptors (Lipinski definition) is 1. The van der Waals surface area contributed by atoms with Crippen molar-refractivity contribution in [2.75, 3.05) is 0 Å². The zero-order valence-electron chi connectivity index (χ0n) is 13.1. The fourth-order valence-electron chi connectivity index (χ4n) is 2.69. The van der Waals surface area contributed by atoms with E-state index in [1.165, 1.54) is 16.7 Å². The van der Waals surface area contributed by atoms with E-state index >= 15 is 0 Å². The predicted molar refractivity (Wildman–Crippen MR) is 108 cm³/mol. The summed E-state index contributed by atoms with van der Waals surface area (Å²) in [6.45, 7) is 2.89. The third kappa shape index (κ3) is 5.81. The second-order valence-corrected chi connectivity index (χ2v) is 5.60. The Morgan fingerprint density at radius 2 is 0.696 bits per heavy atom. The number of halogens is 1. The third-order valence-corrected chi connectivity index (χ3v) is 3.75. The van der Waals surface area contributed by atoms with E-state index in [1.807, 2.05) is 0 Å². The zero-order chi connectivity index (χ0) is 15.0. The van der Waals surface area contributed by atoms with Crippen LogP contribution in [0.25, 0.3) is 0 Å². The van der Waals surface area contributed by atoms with Crippen molar-refractivity contribution in [3.05, 3.63) is 108 Å². The molecule has 0 heterocycles. The summed E-state index contributed by atoms with van der Waals surface area (Å²) in [4.78, 5) is 2.49. The molecule has 0 aromatic heterocycles. The maximum atomic E-state index is 2.49. The van der Waals surface area contributed by atoms with E-state index in [0.29, 0.717) is 0 Å². The highest BCUT2D eigenvalue weighted by Gasteiger charge is 2.08. The first-order chi connectivity index (χ1) is 10.9. The second kappa shape index (κ2) is 9.48. The highest BCUT2D eigenvalue weighted by Crippen LogP contribution is 2.14. The van der Waals surface area contributed by atoms with Gasteiger partial charge in [0.25, 0.3) is 0 Å². The van der Waals surface area contributed by atoms with Crippen molar-refractivity contribution in [2.24, 2.45) is 0 Å². The van der Waals surface area contributed by atoms with Gasteiger partial charge in [0, 0.05) is 19.6 Å². The van der Waals surface area contributed by atoms with Crippen LogP contribution in [0, 0.1) is 0 Å². The van der Waals surface area contributed by atoms with Gasteiger partial charge in [0.2, 0.25) is 0 Å². The SMILES string of the molecule is I.c1ccc(CN(Cc2ccccc2)Cc2ccccc2)cc1. The molecule has 0 N–H and O–H groups in total. The molecule has 0 radical (unpaired) electrons. The van der Waals surface area contributed by atoms with E-state index in [1.54, 1.807) is 0 Å². The Hall–Kier alpha value is -1.65. The van der Waals surface area contributed by atoms with Crippen LogP contribution in [0.15, 0.2) is 91.0 Å². The summed E-state index contributed by atoms with van der Waals surface area (Å²) in [6, 6.07) is 32.1. The van der Waals surface area contributed by atoms with Crippen LogP contribution in [0.3, 0.4) is 0 Å². The lowest BCUT2D eigenvalue weighted by Gasteiger charge is -2.23. The quantitative estimate of drug-likeness (QED) is 0.480. The second-order valence-electron chi connectivity index (χ2n) is 5.60. The molecule has 0 aliphatic heterocycles. The van der Waals surface area contributed by atoms with Gasteiger partial charge in [0.15, 0.2) is 0 Å². The average molecular weight is 415 g/mol. The summed E-state index contributed by atoms with van der Waals surface area (Å²) >= 11 is 0. The summed E-state index contributed by atoms with van der Waals surface area (Å²) in [7, 11) is 0. The molecule has 0 aliphatic rings. The Balaban J connectivity index is 0.00000192. The van der Waals surface area contributed by atoms with E-state index in [0.717, 1.165) is 19.6 Å². The van der Waals surface area contributed by atoms with Gasteiger partial charge in [0.05, 0.1) is 0 Å². The fraction of sp³-hybridized carbons (Fsp3) is 0.143. The number of benzene rings is 3. The van der Waals surface area contributed by atoms with Crippen molar-refractivity contribution in [1.82, 2.24) is 4.90 Å². The van der Waals surface area contributed by atoms with Gasteiger partial charge in [-0.2, -0.15) is 0 Å². The lowest BCUT2D eigenvalue weighted by molar-refractivity contribution is 0.247. The lowest BCUT2D eigenvalue weighted by Crippen LogP contribution is -2.22. The van der Waals surface area contributed by atoms with Crippen LogP contribution in [0.5, 0.6) is 0 Å². The van der Waals surface area contributed by atoms with Gasteiger partial charge >= 0.3 is 0 Å². The van der Waals surface area contributed by atoms with Crippen molar-refractivity contribution < 1.29 is 0 Å². The molecular weight excluding hydrogens is 393 g/mol. The third-order valence-electron chi connectivity index (χ3n) is 3.75. The molecule has 0 unspecified atom stereocenters. The van der Waals surface area contributed by atoms with E-state index in [4.69, 9.17) is 0 Å². The molecular formula is C21H22IN. The van der Waals surface area contributed by atoms with Crippen LogP contribution in [0.1, 0.15) is 16.7 Å². The van der Waals surface area contributed by atoms with Crippen molar-refractivity contribution in [3.8, 4) is 0 Å². The molecule has 0 amide bonds. The van der Waals surface area contributed by atoms with Gasteiger partial charge in [-0.15, -0.1) is 24.0 Å². The molecule has 0 aliphatic carbocycles. The zero-order valence-corrected chi connectivity index (χ0v) is 15.5. The molecule has 0 saturated carbocycles. The van der Waals surface area contributed by atoms with Crippen LogP contribution in [0.4, 0.5) is 0 Å². The molecule has 1 nitrogen and oxygen atoms in total. The summed E-state index contributed by atoms with van der Waals surface area (Å²) in [5.74, 6) is 0. The topological polar surface area (TPSA) is 3.24 Å². The van der Waals surface area contributed by atoms with Gasteiger partial charge < -0.3 is 0 Å². The summed E-state index contributed by atoms with van der Waals surface area (Å²) < 4.78 is 0. The minimum atomic E-state index is 0. The molecule has 23 heavy (non-hydrogen) atoms. The van der Waals surface area contributed by atoms with Crippen molar-refractivity contribution in [2.45, 2.75) is 19.6 Å². The van der Waals surface area contributed by atoms with Gasteiger partial charge in [-0.1, -0.05) is 91.0 Å². The lowest BCUT2D eigenvalue weighted by atomic mass is 10.1. The number of hydrogen-bond donors (Lipinski definition) is 0. The highest BCUT2D eigenvalue weighted by molar-refractivity contribution is 14.0. The van der Waals surface area contributed by atoms with Crippen LogP contribution >= 0.6 is 24.0 Å². The normalized spacial score (nSPS) is 10.3. The minimum Gasteiger partial charge on any atom is -0.291 e. The smallest absolute Gasteiger partial charge is 0.0240 e. The van der Waals surface area contributed by atoms with E-state index in [2.05, 4.69) is 95.9 Å². The molecule has 3 aromatic rings. The van der Waals surface area contributed by atoms with Crippen molar-refractivity contribution in [3.63, 3.8) is 0 Å². The summed E-state index contributed by atoms with van der Waals surface area (Å²) in [5, 5.41) is 0. The van der Waals surface area contributed by atoms with Crippen LogP contribution < -0.4 is 0 Å². The first-order valence-corrected chi connectivity index (χ1v) is 7.74. The molecule has 0 bridgehead atoms. The molecule has 0 atom stereocenters. The van der Waals surface area contributed by atoms with E-state index < -0.39 is 0 Å². The largest absolute Gasteiger partial charge is 0.291 e. The maximum absolute atomic E-state index is 2.49. The Labute approximate surface area is 156 Å². The Kier molecular flexibility index (Phi) is 7.30. The standard InChI is InChI=1S/C21H21N.HI/c1-4-10-19(11-5-1)16-22(17-20-12-6-2-7-13-20)18-21-14-8-3-9-15-21;/h1-15H,16-18H2;1H. The molecule has 0 saturated heterocycles. The van der Waals surface area contributed by atoms with E-state index in [-0.39, 0.29) is 24.0 Å². The molecule has 118 valence electrons. The first kappa shape index (κ1) is 17.7. The summed E-state index contributed by atoms with van der Waals surface area (Å²) in [5.41, 5.74) is 4.07. The Morgan fingerprint density at radius 1 is 0.435 bits per heavy atom. The monoisotopic (exact) mass is 415 g/mol. The van der Waals surface area contributed by atoms with E-state index in [9.17, 15) is 0 Å². The Bertz CT molecular complexity index is 569. The van der Waals surface area contributed by atoms with Crippen molar-refractivity contribution >= 4 is 24.0 Å². The minimum absolute atomic E-state index is 0. The fourth-order valence-corrected chi connectivity index (χ4v) is 2.69. The molecule has 3 rings (SSSR count). The van der Waals surface area contributed by atoms with Crippen LogP contribution in [-0.4, -0.2) is 4.90 Å². The molecule has 3 aromatic carbocycles. The maximum Gasteiger partial charge on any atom is 0.0240 e. The molecule has 2 heteroatoms. The van der Waals surface area contributed by atoms with Gasteiger partial charge in [-0.25, -0.2) is 0 Å². The van der Waals surface area contributed by atoms with Gasteiger partial charge in [0.1, 0.15) is 0 Å². The average Bonchev–Trinajstić information content (AvgIpc) is 2.57.